The Labute approximate surface area is 263 Å². The number of rotatable bonds is 10. The molecule has 11 unspecified atom stereocenters. The van der Waals surface area contributed by atoms with Gasteiger partial charge in [-0.1, -0.05) is 84.0 Å². The summed E-state index contributed by atoms with van der Waals surface area (Å²) in [5.74, 6) is 5.24. The monoisotopic (exact) mass is 600 g/mol. The highest BCUT2D eigenvalue weighted by atomic mass is 16.5. The number of aliphatic hydroxyl groups excluding tert-OH is 1. The second-order valence-corrected chi connectivity index (χ2v) is 16.0. The fourth-order valence-electron chi connectivity index (χ4n) is 10.7. The lowest BCUT2D eigenvalue weighted by Gasteiger charge is -2.52. The number of hydrogen-bond donors (Lipinski definition) is 4. The standard InChI is InChI=1S/C37H65N3O3/c1-2-3-4-5-6-15-34(42)43-31-20-21-32(33(41)24-31)37-39-35(29-18-16-25-11-7-9-13-27(25)22-29)38-36(40-37)30-19-17-26-12-8-10-14-28(26)23-30/h25-33,35-41H,2-24H2,1H3. The minimum atomic E-state index is -0.441. The maximum absolute atomic E-state index is 12.5. The molecule has 1 aliphatic heterocycles. The molecule has 43 heavy (non-hydrogen) atoms. The van der Waals surface area contributed by atoms with Gasteiger partial charge in [0.1, 0.15) is 6.10 Å². The van der Waals surface area contributed by atoms with E-state index in [-0.39, 0.29) is 24.2 Å². The highest BCUT2D eigenvalue weighted by Crippen LogP contribution is 2.46. The molecule has 0 aromatic heterocycles. The largest absolute Gasteiger partial charge is 0.462 e. The summed E-state index contributed by atoms with van der Waals surface area (Å²) >= 11 is 0. The van der Waals surface area contributed by atoms with Crippen molar-refractivity contribution in [2.75, 3.05) is 0 Å². The van der Waals surface area contributed by atoms with Crippen LogP contribution in [-0.2, 0) is 9.53 Å². The summed E-state index contributed by atoms with van der Waals surface area (Å²) in [6.45, 7) is 2.22. The number of nitrogens with one attached hydrogen (secondary N) is 3. The highest BCUT2D eigenvalue weighted by Gasteiger charge is 2.45. The lowest BCUT2D eigenvalue weighted by molar-refractivity contribution is -0.154. The van der Waals surface area contributed by atoms with Crippen molar-refractivity contribution >= 4 is 5.97 Å². The molecule has 6 aliphatic rings. The maximum Gasteiger partial charge on any atom is 0.306 e. The molecule has 5 aliphatic carbocycles. The molecule has 6 rings (SSSR count). The zero-order chi connectivity index (χ0) is 29.6. The first-order valence-corrected chi connectivity index (χ1v) is 19.2. The molecule has 4 N–H and O–H groups in total. The predicted molar refractivity (Wildman–Crippen MR) is 173 cm³/mol. The van der Waals surface area contributed by atoms with Crippen molar-refractivity contribution < 1.29 is 14.6 Å². The Morgan fingerprint density at radius 1 is 0.605 bits per heavy atom. The van der Waals surface area contributed by atoms with E-state index in [2.05, 4.69) is 22.9 Å². The number of fused-ring (bicyclic) bond motifs is 2. The smallest absolute Gasteiger partial charge is 0.306 e. The third-order valence-corrected chi connectivity index (χ3v) is 13.2. The Morgan fingerprint density at radius 2 is 1.14 bits per heavy atom. The second kappa shape index (κ2) is 15.7. The lowest BCUT2D eigenvalue weighted by atomic mass is 9.66. The molecule has 5 saturated carbocycles. The van der Waals surface area contributed by atoms with E-state index in [0.29, 0.717) is 37.0 Å². The lowest BCUT2D eigenvalue weighted by Crippen LogP contribution is -2.73. The Bertz CT molecular complexity index is 828. The van der Waals surface area contributed by atoms with Gasteiger partial charge in [-0.15, -0.1) is 0 Å². The van der Waals surface area contributed by atoms with Gasteiger partial charge in [0.2, 0.25) is 0 Å². The summed E-state index contributed by atoms with van der Waals surface area (Å²) in [4.78, 5) is 12.5. The van der Waals surface area contributed by atoms with Crippen molar-refractivity contribution in [3.05, 3.63) is 0 Å². The SMILES string of the molecule is CCCCCCCC(=O)OC1CCC(C2NC(C3CCC4CCCCC4C3)NC(C3CCC4CCCCC4C3)N2)C(O)C1. The normalized spacial score (nSPS) is 43.8. The van der Waals surface area contributed by atoms with Crippen molar-refractivity contribution in [3.8, 4) is 0 Å². The van der Waals surface area contributed by atoms with Crippen LogP contribution in [0.1, 0.15) is 155 Å². The molecule has 0 amide bonds. The molecule has 0 aromatic carbocycles. The van der Waals surface area contributed by atoms with E-state index in [9.17, 15) is 9.90 Å². The third kappa shape index (κ3) is 8.37. The van der Waals surface area contributed by atoms with Gasteiger partial charge in [-0.2, -0.15) is 0 Å². The molecule has 6 nitrogen and oxygen atoms in total. The van der Waals surface area contributed by atoms with Gasteiger partial charge in [-0.25, -0.2) is 0 Å². The Hall–Kier alpha value is -0.690. The summed E-state index contributed by atoms with van der Waals surface area (Å²) in [5.41, 5.74) is 0. The van der Waals surface area contributed by atoms with E-state index in [4.69, 9.17) is 4.74 Å². The molecular weight excluding hydrogens is 534 g/mol. The summed E-state index contributed by atoms with van der Waals surface area (Å²) in [5, 5.41) is 23.8. The Kier molecular flexibility index (Phi) is 11.8. The van der Waals surface area contributed by atoms with Crippen LogP contribution in [0.4, 0.5) is 0 Å². The molecule has 1 heterocycles. The number of carbonyl (C=O) groups is 1. The van der Waals surface area contributed by atoms with E-state index in [1.807, 2.05) is 0 Å². The maximum atomic E-state index is 12.5. The summed E-state index contributed by atoms with van der Waals surface area (Å²) in [6.07, 6.45) is 28.5. The number of hydrogen-bond acceptors (Lipinski definition) is 6. The van der Waals surface area contributed by atoms with E-state index < -0.39 is 6.10 Å². The van der Waals surface area contributed by atoms with Crippen LogP contribution < -0.4 is 16.0 Å². The van der Waals surface area contributed by atoms with E-state index >= 15 is 0 Å². The van der Waals surface area contributed by atoms with Gasteiger partial charge in [0.15, 0.2) is 0 Å². The summed E-state index contributed by atoms with van der Waals surface area (Å²) in [7, 11) is 0. The third-order valence-electron chi connectivity index (χ3n) is 13.2. The van der Waals surface area contributed by atoms with Crippen LogP contribution in [0.15, 0.2) is 0 Å². The van der Waals surface area contributed by atoms with E-state index in [1.54, 1.807) is 0 Å². The van der Waals surface area contributed by atoms with Crippen molar-refractivity contribution in [3.63, 3.8) is 0 Å². The van der Waals surface area contributed by atoms with E-state index in [0.717, 1.165) is 49.4 Å². The second-order valence-electron chi connectivity index (χ2n) is 16.0. The minimum Gasteiger partial charge on any atom is -0.462 e. The molecule has 6 heteroatoms. The zero-order valence-electron chi connectivity index (χ0n) is 27.5. The van der Waals surface area contributed by atoms with Crippen molar-refractivity contribution in [2.45, 2.75) is 185 Å². The number of unbranched alkanes of at least 4 members (excludes halogenated alkanes) is 4. The number of ether oxygens (including phenoxy) is 1. The van der Waals surface area contributed by atoms with Gasteiger partial charge in [0, 0.05) is 18.8 Å². The summed E-state index contributed by atoms with van der Waals surface area (Å²) in [6, 6.07) is 0. The first-order chi connectivity index (χ1) is 21.1. The average molecular weight is 600 g/mol. The van der Waals surface area contributed by atoms with Crippen LogP contribution in [0.3, 0.4) is 0 Å². The van der Waals surface area contributed by atoms with Gasteiger partial charge in [-0.05, 0) is 93.3 Å². The molecule has 1 saturated heterocycles. The summed E-state index contributed by atoms with van der Waals surface area (Å²) < 4.78 is 5.89. The molecule has 246 valence electrons. The first-order valence-electron chi connectivity index (χ1n) is 19.2. The van der Waals surface area contributed by atoms with Crippen LogP contribution in [0.25, 0.3) is 0 Å². The molecular formula is C37H65N3O3. The number of esters is 1. The molecule has 11 atom stereocenters. The van der Waals surface area contributed by atoms with Gasteiger partial charge in [0.25, 0.3) is 0 Å². The molecule has 0 radical (unpaired) electrons. The average Bonchev–Trinajstić information content (AvgIpc) is 3.04. The van der Waals surface area contributed by atoms with Crippen molar-refractivity contribution in [1.82, 2.24) is 16.0 Å². The Balaban J connectivity index is 1.07. The van der Waals surface area contributed by atoms with Crippen LogP contribution in [0.2, 0.25) is 0 Å². The number of carbonyl (C=O) groups excluding carboxylic acids is 1. The van der Waals surface area contributed by atoms with Gasteiger partial charge in [-0.3, -0.25) is 20.7 Å². The zero-order valence-corrected chi connectivity index (χ0v) is 27.5. The van der Waals surface area contributed by atoms with Gasteiger partial charge >= 0.3 is 5.97 Å². The minimum absolute atomic E-state index is 0.0676. The molecule has 0 spiro atoms. The fraction of sp³-hybridized carbons (Fsp3) is 0.973. The van der Waals surface area contributed by atoms with Crippen LogP contribution in [0, 0.1) is 41.4 Å². The topological polar surface area (TPSA) is 82.6 Å². The van der Waals surface area contributed by atoms with Crippen LogP contribution in [0.5, 0.6) is 0 Å². The fourth-order valence-corrected chi connectivity index (χ4v) is 10.7. The number of aliphatic hydroxyl groups is 1. The van der Waals surface area contributed by atoms with Crippen molar-refractivity contribution in [1.29, 1.82) is 0 Å². The van der Waals surface area contributed by atoms with Gasteiger partial charge < -0.3 is 9.84 Å². The van der Waals surface area contributed by atoms with Crippen LogP contribution in [-0.4, -0.2) is 41.8 Å². The Morgan fingerprint density at radius 3 is 1.72 bits per heavy atom. The predicted octanol–water partition coefficient (Wildman–Crippen LogP) is 7.39. The first kappa shape index (κ1) is 32.3. The molecule has 0 bridgehead atoms. The van der Waals surface area contributed by atoms with Gasteiger partial charge in [0.05, 0.1) is 24.6 Å². The molecule has 0 aromatic rings. The van der Waals surface area contributed by atoms with Crippen molar-refractivity contribution in [2.24, 2.45) is 41.4 Å². The highest BCUT2D eigenvalue weighted by molar-refractivity contribution is 5.69. The quantitative estimate of drug-likeness (QED) is 0.155. The van der Waals surface area contributed by atoms with E-state index in [1.165, 1.54) is 109 Å². The molecule has 6 fully saturated rings. The van der Waals surface area contributed by atoms with Crippen LogP contribution >= 0.6 is 0 Å².